The van der Waals surface area contributed by atoms with Gasteiger partial charge in [-0.25, -0.2) is 0 Å². The van der Waals surface area contributed by atoms with Gasteiger partial charge in [-0.1, -0.05) is 34.1 Å². The van der Waals surface area contributed by atoms with Gasteiger partial charge in [-0.3, -0.25) is 14.5 Å². The molecule has 5 nitrogen and oxygen atoms in total. The minimum absolute atomic E-state index is 0.0941. The Morgan fingerprint density at radius 2 is 1.30 bits per heavy atom. The van der Waals surface area contributed by atoms with E-state index in [1.807, 2.05) is 64.4 Å². The third-order valence-electron chi connectivity index (χ3n) is 5.38. The van der Waals surface area contributed by atoms with Gasteiger partial charge in [0, 0.05) is 60.9 Å². The number of hydrogen-bond donors (Lipinski definition) is 0. The summed E-state index contributed by atoms with van der Waals surface area (Å²) in [5.74, 6) is 0.201. The Labute approximate surface area is 167 Å². The number of likely N-dealkylation sites (tertiary alicyclic amines) is 1. The molecule has 0 aromatic heterocycles. The Kier molecular flexibility index (Phi) is 5.27. The van der Waals surface area contributed by atoms with E-state index in [2.05, 4.69) is 20.8 Å². The van der Waals surface area contributed by atoms with Gasteiger partial charge in [0.2, 0.25) is 0 Å². The number of piperazine rings is 1. The van der Waals surface area contributed by atoms with Crippen molar-refractivity contribution in [1.82, 2.24) is 14.7 Å². The monoisotopic (exact) mass is 427 g/mol. The molecule has 6 heteroatoms. The van der Waals surface area contributed by atoms with Gasteiger partial charge in [0.25, 0.3) is 11.8 Å². The normalized spacial score (nSPS) is 18.3. The maximum Gasteiger partial charge on any atom is 0.253 e. The van der Waals surface area contributed by atoms with E-state index in [0.29, 0.717) is 6.04 Å². The fraction of sp³-hybridized carbons (Fsp3) is 0.333. The van der Waals surface area contributed by atoms with Crippen LogP contribution in [0, 0.1) is 0 Å². The number of amides is 2. The van der Waals surface area contributed by atoms with Crippen molar-refractivity contribution in [3.8, 4) is 0 Å². The molecule has 0 aliphatic carbocycles. The average molecular weight is 428 g/mol. The first-order chi connectivity index (χ1) is 13.1. The van der Waals surface area contributed by atoms with Gasteiger partial charge in [-0.15, -0.1) is 0 Å². The SMILES string of the molecule is O=C(c1ccccc1)N1CCN(C2CN(C(=O)c3ccc(Br)cc3)C2)CC1. The van der Waals surface area contributed by atoms with Crippen LogP contribution < -0.4 is 0 Å². The van der Waals surface area contributed by atoms with Crippen molar-refractivity contribution in [3.63, 3.8) is 0 Å². The lowest BCUT2D eigenvalue weighted by molar-refractivity contribution is 0.00854. The van der Waals surface area contributed by atoms with Crippen molar-refractivity contribution in [2.45, 2.75) is 6.04 Å². The molecule has 2 heterocycles. The van der Waals surface area contributed by atoms with Crippen LogP contribution in [0.3, 0.4) is 0 Å². The molecule has 2 amide bonds. The van der Waals surface area contributed by atoms with Gasteiger partial charge in [-0.05, 0) is 36.4 Å². The highest BCUT2D eigenvalue weighted by molar-refractivity contribution is 9.10. The summed E-state index contributed by atoms with van der Waals surface area (Å²) < 4.78 is 0.975. The van der Waals surface area contributed by atoms with Crippen molar-refractivity contribution in [2.24, 2.45) is 0 Å². The van der Waals surface area contributed by atoms with Crippen molar-refractivity contribution in [1.29, 1.82) is 0 Å². The summed E-state index contributed by atoms with van der Waals surface area (Å²) in [5.41, 5.74) is 1.48. The Hall–Kier alpha value is -2.18. The zero-order valence-electron chi connectivity index (χ0n) is 15.1. The van der Waals surface area contributed by atoms with Gasteiger partial charge >= 0.3 is 0 Å². The summed E-state index contributed by atoms with van der Waals surface area (Å²) in [6, 6.07) is 17.4. The molecular formula is C21H22BrN3O2. The fourth-order valence-electron chi connectivity index (χ4n) is 3.68. The first kappa shape index (κ1) is 18.2. The molecule has 27 heavy (non-hydrogen) atoms. The van der Waals surface area contributed by atoms with Crippen LogP contribution in [0.15, 0.2) is 59.1 Å². The smallest absolute Gasteiger partial charge is 0.253 e. The number of halogens is 1. The van der Waals surface area contributed by atoms with Crippen molar-refractivity contribution < 1.29 is 9.59 Å². The molecule has 0 N–H and O–H groups in total. The van der Waals surface area contributed by atoms with Crippen LogP contribution >= 0.6 is 15.9 Å². The number of nitrogens with zero attached hydrogens (tertiary/aromatic N) is 3. The molecule has 2 aliphatic heterocycles. The van der Waals surface area contributed by atoms with E-state index in [0.717, 1.165) is 54.9 Å². The van der Waals surface area contributed by atoms with E-state index in [1.165, 1.54) is 0 Å². The van der Waals surface area contributed by atoms with Crippen LogP contribution in [-0.2, 0) is 0 Å². The largest absolute Gasteiger partial charge is 0.336 e. The van der Waals surface area contributed by atoms with Crippen LogP contribution in [0.4, 0.5) is 0 Å². The molecule has 2 aromatic rings. The number of benzene rings is 2. The topological polar surface area (TPSA) is 43.9 Å². The van der Waals surface area contributed by atoms with Crippen LogP contribution in [0.25, 0.3) is 0 Å². The zero-order valence-corrected chi connectivity index (χ0v) is 16.6. The predicted molar refractivity (Wildman–Crippen MR) is 108 cm³/mol. The van der Waals surface area contributed by atoms with Gasteiger partial charge in [0.1, 0.15) is 0 Å². The summed E-state index contributed by atoms with van der Waals surface area (Å²) in [7, 11) is 0. The standard InChI is InChI=1S/C21H22BrN3O2/c22-18-8-6-17(7-9-18)21(27)25-14-19(15-25)23-10-12-24(13-11-23)20(26)16-4-2-1-3-5-16/h1-9,19H,10-15H2. The summed E-state index contributed by atoms with van der Waals surface area (Å²) in [5, 5.41) is 0. The molecule has 0 saturated carbocycles. The second kappa shape index (κ2) is 7.82. The number of hydrogen-bond acceptors (Lipinski definition) is 3. The Bertz CT molecular complexity index is 811. The van der Waals surface area contributed by atoms with Crippen molar-refractivity contribution in [2.75, 3.05) is 39.3 Å². The molecule has 2 saturated heterocycles. The van der Waals surface area contributed by atoms with Crippen molar-refractivity contribution >= 4 is 27.7 Å². The third-order valence-corrected chi connectivity index (χ3v) is 5.91. The van der Waals surface area contributed by atoms with E-state index in [1.54, 1.807) is 0 Å². The molecule has 4 rings (SSSR count). The molecule has 0 atom stereocenters. The Morgan fingerprint density at radius 1 is 0.741 bits per heavy atom. The maximum atomic E-state index is 12.5. The van der Waals surface area contributed by atoms with E-state index < -0.39 is 0 Å². The molecule has 0 unspecified atom stereocenters. The summed E-state index contributed by atoms with van der Waals surface area (Å²) in [6.07, 6.45) is 0. The first-order valence-corrected chi connectivity index (χ1v) is 10.0. The van der Waals surface area contributed by atoms with Crippen LogP contribution in [0.5, 0.6) is 0 Å². The van der Waals surface area contributed by atoms with Gasteiger partial charge in [0.05, 0.1) is 0 Å². The maximum absolute atomic E-state index is 12.5. The minimum Gasteiger partial charge on any atom is -0.336 e. The Balaban J connectivity index is 1.26. The third kappa shape index (κ3) is 3.92. The highest BCUT2D eigenvalue weighted by Gasteiger charge is 2.36. The quantitative estimate of drug-likeness (QED) is 0.756. The highest BCUT2D eigenvalue weighted by Crippen LogP contribution is 2.21. The fourth-order valence-corrected chi connectivity index (χ4v) is 3.94. The first-order valence-electron chi connectivity index (χ1n) is 9.25. The molecule has 0 radical (unpaired) electrons. The van der Waals surface area contributed by atoms with E-state index in [9.17, 15) is 9.59 Å². The summed E-state index contributed by atoms with van der Waals surface area (Å²) >= 11 is 3.39. The second-order valence-electron chi connectivity index (χ2n) is 7.07. The molecular weight excluding hydrogens is 406 g/mol. The minimum atomic E-state index is 0.0941. The lowest BCUT2D eigenvalue weighted by Crippen LogP contribution is -2.64. The predicted octanol–water partition coefficient (Wildman–Crippen LogP) is 2.73. The van der Waals surface area contributed by atoms with Gasteiger partial charge in [-0.2, -0.15) is 0 Å². The molecule has 2 aliphatic rings. The van der Waals surface area contributed by atoms with Crippen LogP contribution in [0.2, 0.25) is 0 Å². The number of carbonyl (C=O) groups excluding carboxylic acids is 2. The van der Waals surface area contributed by atoms with Gasteiger partial charge in [0.15, 0.2) is 0 Å². The van der Waals surface area contributed by atoms with E-state index in [-0.39, 0.29) is 11.8 Å². The Morgan fingerprint density at radius 3 is 1.93 bits per heavy atom. The van der Waals surface area contributed by atoms with Crippen LogP contribution in [-0.4, -0.2) is 71.8 Å². The van der Waals surface area contributed by atoms with Gasteiger partial charge < -0.3 is 9.80 Å². The number of rotatable bonds is 3. The molecule has 0 spiro atoms. The molecule has 2 aromatic carbocycles. The lowest BCUT2D eigenvalue weighted by Gasteiger charge is -2.48. The lowest BCUT2D eigenvalue weighted by atomic mass is 10.0. The summed E-state index contributed by atoms with van der Waals surface area (Å²) in [6.45, 7) is 4.74. The van der Waals surface area contributed by atoms with E-state index >= 15 is 0 Å². The zero-order chi connectivity index (χ0) is 18.8. The van der Waals surface area contributed by atoms with Crippen molar-refractivity contribution in [3.05, 3.63) is 70.2 Å². The molecule has 0 bridgehead atoms. The number of carbonyl (C=O) groups is 2. The summed E-state index contributed by atoms with van der Waals surface area (Å²) in [4.78, 5) is 31.3. The average Bonchev–Trinajstić information content (AvgIpc) is 2.68. The molecule has 140 valence electrons. The molecule has 2 fully saturated rings. The highest BCUT2D eigenvalue weighted by atomic mass is 79.9. The van der Waals surface area contributed by atoms with E-state index in [4.69, 9.17) is 0 Å². The second-order valence-corrected chi connectivity index (χ2v) is 7.98. The van der Waals surface area contributed by atoms with Crippen LogP contribution in [0.1, 0.15) is 20.7 Å².